The number of hydrogen-bond donors (Lipinski definition) is 1. The van der Waals surface area contributed by atoms with E-state index in [1.807, 2.05) is 9.47 Å². The second-order valence-electron chi connectivity index (χ2n) is 10.1. The number of aryl methyl sites for hydroxylation is 1. The van der Waals surface area contributed by atoms with Gasteiger partial charge in [0, 0.05) is 57.2 Å². The Morgan fingerprint density at radius 2 is 1.78 bits per heavy atom. The Kier molecular flexibility index (Phi) is 6.63. The van der Waals surface area contributed by atoms with Crippen LogP contribution < -0.4 is 15.1 Å². The molecule has 2 unspecified atom stereocenters. The van der Waals surface area contributed by atoms with E-state index in [1.54, 1.807) is 11.6 Å². The van der Waals surface area contributed by atoms with E-state index in [2.05, 4.69) is 0 Å². The minimum absolute atomic E-state index is 0.0127. The Hall–Kier alpha value is -2.46. The summed E-state index contributed by atoms with van der Waals surface area (Å²) in [6, 6.07) is -0.167. The van der Waals surface area contributed by atoms with E-state index in [0.717, 1.165) is 25.7 Å². The van der Waals surface area contributed by atoms with Gasteiger partial charge in [-0.25, -0.2) is 18.4 Å². The molecule has 1 saturated carbocycles. The van der Waals surface area contributed by atoms with Crippen molar-refractivity contribution in [2.75, 3.05) is 45.9 Å². The number of aromatic nitrogens is 1. The van der Waals surface area contributed by atoms with E-state index in [0.29, 0.717) is 30.8 Å². The molecule has 10 nitrogen and oxygen atoms in total. The lowest BCUT2D eigenvalue weighted by Crippen LogP contribution is -2.43. The van der Waals surface area contributed by atoms with Crippen LogP contribution in [0.15, 0.2) is 4.79 Å². The number of piperidine rings is 1. The summed E-state index contributed by atoms with van der Waals surface area (Å²) in [5.41, 5.74) is 0.0550. The molecule has 1 aliphatic carbocycles. The number of carbonyl (C=O) groups is 1. The van der Waals surface area contributed by atoms with Gasteiger partial charge in [0.05, 0.1) is 18.0 Å². The maximum Gasteiger partial charge on any atom is 0.407 e. The Labute approximate surface area is 214 Å². The molecule has 2 aromatic rings. The summed E-state index contributed by atoms with van der Waals surface area (Å²) in [6.07, 6.45) is 3.35. The van der Waals surface area contributed by atoms with Crippen LogP contribution in [0, 0.1) is 25.6 Å². The quantitative estimate of drug-likeness (QED) is 0.522. The lowest BCUT2D eigenvalue weighted by atomic mass is 9.94. The van der Waals surface area contributed by atoms with E-state index < -0.39 is 25.0 Å². The van der Waals surface area contributed by atoms with Crippen LogP contribution >= 0.6 is 7.75 Å². The number of rotatable bonds is 7. The maximum atomic E-state index is 16.2. The summed E-state index contributed by atoms with van der Waals surface area (Å²) in [5.74, 6) is -1.62. The lowest BCUT2D eigenvalue weighted by molar-refractivity contribution is 0.0693. The molecular formula is C25H33FN3O7P. The first-order valence-corrected chi connectivity index (χ1v) is 14.0. The van der Waals surface area contributed by atoms with Crippen molar-refractivity contribution in [1.29, 1.82) is 0 Å². The molecule has 0 amide bonds. The number of nitrogens with zero attached hydrogens (tertiary/aromatic N) is 3. The summed E-state index contributed by atoms with van der Waals surface area (Å²) in [4.78, 5) is 27.3. The molecular weight excluding hydrogens is 504 g/mol. The minimum atomic E-state index is -3.48. The van der Waals surface area contributed by atoms with Crippen molar-refractivity contribution in [3.63, 3.8) is 0 Å². The summed E-state index contributed by atoms with van der Waals surface area (Å²) in [6.45, 7) is 4.56. The summed E-state index contributed by atoms with van der Waals surface area (Å²) in [7, 11) is 0.679. The van der Waals surface area contributed by atoms with E-state index in [9.17, 15) is 19.3 Å². The molecule has 12 heteroatoms. The Balaban J connectivity index is 1.72. The van der Waals surface area contributed by atoms with Gasteiger partial charge in [-0.3, -0.25) is 13.8 Å². The predicted octanol–water partition coefficient (Wildman–Crippen LogP) is 4.10. The highest BCUT2D eigenvalue weighted by atomic mass is 31.2. The minimum Gasteiger partial charge on any atom is -0.492 e. The van der Waals surface area contributed by atoms with Crippen molar-refractivity contribution < 1.29 is 32.6 Å². The number of methoxy groups -OCH3 is 1. The topological polar surface area (TPSA) is 111 Å². The number of pyridine rings is 1. The van der Waals surface area contributed by atoms with Crippen LogP contribution in [0.4, 0.5) is 10.1 Å². The van der Waals surface area contributed by atoms with Gasteiger partial charge >= 0.3 is 13.7 Å². The van der Waals surface area contributed by atoms with Crippen LogP contribution in [0.3, 0.4) is 0 Å². The van der Waals surface area contributed by atoms with Crippen LogP contribution in [-0.2, 0) is 13.6 Å². The average molecular weight is 538 g/mol. The second kappa shape index (κ2) is 9.38. The summed E-state index contributed by atoms with van der Waals surface area (Å²) < 4.78 is 49.5. The number of hydrogen-bond acceptors (Lipinski definition) is 7. The number of benzene rings is 1. The Morgan fingerprint density at radius 1 is 1.11 bits per heavy atom. The normalized spacial score (nSPS) is 22.5. The second-order valence-corrected chi connectivity index (χ2v) is 12.3. The monoisotopic (exact) mass is 537 g/mol. The number of ether oxygens (including phenoxy) is 1. The van der Waals surface area contributed by atoms with Crippen LogP contribution in [-0.4, -0.2) is 67.3 Å². The van der Waals surface area contributed by atoms with Crippen molar-refractivity contribution in [3.8, 4) is 5.75 Å². The largest absolute Gasteiger partial charge is 0.492 e. The predicted molar refractivity (Wildman–Crippen MR) is 136 cm³/mol. The van der Waals surface area contributed by atoms with E-state index in [4.69, 9.17) is 13.8 Å². The van der Waals surface area contributed by atoms with Crippen molar-refractivity contribution >= 4 is 30.3 Å². The van der Waals surface area contributed by atoms with Crippen molar-refractivity contribution in [1.82, 2.24) is 9.24 Å². The molecule has 3 heterocycles. The highest BCUT2D eigenvalue weighted by Crippen LogP contribution is 2.56. The van der Waals surface area contributed by atoms with Gasteiger partial charge in [-0.1, -0.05) is 0 Å². The van der Waals surface area contributed by atoms with Gasteiger partial charge in [-0.2, -0.15) is 0 Å². The van der Waals surface area contributed by atoms with Gasteiger partial charge < -0.3 is 19.3 Å². The van der Waals surface area contributed by atoms with E-state index in [1.165, 1.54) is 28.3 Å². The molecule has 2 atom stereocenters. The number of carboxylic acids is 1. The van der Waals surface area contributed by atoms with E-state index >= 15 is 4.39 Å². The molecule has 0 spiro atoms. The van der Waals surface area contributed by atoms with Crippen LogP contribution in [0.5, 0.6) is 5.75 Å². The first-order chi connectivity index (χ1) is 17.6. The molecule has 5 rings (SSSR count). The standard InChI is InChI=1S/C25H33FN3O7P/c1-13-18-21(29(16-8-9-16)14(2)19(23(18)30)25(31)32)24(34-3)22(20(13)26)27-11-15-7-6-10-28(17(15)12-27)37(33,35-4)36-5/h15-17H,6-12H2,1-5H3,(H,31,32). The molecule has 1 N–H and O–H groups in total. The number of anilines is 1. The molecule has 0 bridgehead atoms. The third-order valence-corrected chi connectivity index (χ3v) is 10.2. The third-order valence-electron chi connectivity index (χ3n) is 8.17. The molecule has 0 radical (unpaired) electrons. The number of aromatic carboxylic acids is 1. The molecule has 2 aliphatic heterocycles. The lowest BCUT2D eigenvalue weighted by Gasteiger charge is -2.38. The zero-order valence-corrected chi connectivity index (χ0v) is 22.6. The van der Waals surface area contributed by atoms with Crippen LogP contribution in [0.25, 0.3) is 10.9 Å². The van der Waals surface area contributed by atoms with E-state index in [-0.39, 0.29) is 46.0 Å². The Morgan fingerprint density at radius 3 is 2.35 bits per heavy atom. The highest BCUT2D eigenvalue weighted by molar-refractivity contribution is 7.51. The van der Waals surface area contributed by atoms with Gasteiger partial charge in [0.25, 0.3) is 0 Å². The smallest absolute Gasteiger partial charge is 0.407 e. The molecule has 1 aromatic carbocycles. The van der Waals surface area contributed by atoms with Gasteiger partial charge in [-0.15, -0.1) is 0 Å². The fraction of sp³-hybridized carbons (Fsp3) is 0.600. The van der Waals surface area contributed by atoms with Crippen molar-refractivity contribution in [2.24, 2.45) is 5.92 Å². The highest BCUT2D eigenvalue weighted by Gasteiger charge is 2.48. The fourth-order valence-electron chi connectivity index (χ4n) is 6.32. The summed E-state index contributed by atoms with van der Waals surface area (Å²) >= 11 is 0. The maximum absolute atomic E-state index is 16.2. The Bertz CT molecular complexity index is 1380. The van der Waals surface area contributed by atoms with Gasteiger partial charge in [0.15, 0.2) is 11.6 Å². The summed E-state index contributed by atoms with van der Waals surface area (Å²) in [5, 5.41) is 9.84. The third kappa shape index (κ3) is 3.90. The fourth-order valence-corrected chi connectivity index (χ4v) is 7.90. The number of fused-ring (bicyclic) bond motifs is 2. The van der Waals surface area contributed by atoms with Gasteiger partial charge in [0.2, 0.25) is 5.43 Å². The van der Waals surface area contributed by atoms with Gasteiger partial charge in [0.1, 0.15) is 11.3 Å². The molecule has 37 heavy (non-hydrogen) atoms. The number of halogens is 1. The van der Waals surface area contributed by atoms with Crippen molar-refractivity contribution in [2.45, 2.75) is 51.6 Å². The van der Waals surface area contributed by atoms with Crippen LogP contribution in [0.1, 0.15) is 53.3 Å². The molecule has 3 aliphatic rings. The molecule has 202 valence electrons. The zero-order chi connectivity index (χ0) is 26.8. The first kappa shape index (κ1) is 26.2. The van der Waals surface area contributed by atoms with Crippen molar-refractivity contribution in [3.05, 3.63) is 32.9 Å². The van der Waals surface area contributed by atoms with Gasteiger partial charge in [-0.05, 0) is 45.4 Å². The molecule has 3 fully saturated rings. The number of carboxylic acid groups (broad SMARTS) is 1. The average Bonchev–Trinajstić information content (AvgIpc) is 3.61. The SMILES string of the molecule is COc1c(N2CC3CCCN(P(=O)(OC)OC)C3C2)c(F)c(C)c2c(=O)c(C(=O)O)c(C)n(C3CC3)c12. The zero-order valence-electron chi connectivity index (χ0n) is 21.7. The van der Waals surface area contributed by atoms with Crippen LogP contribution in [0.2, 0.25) is 0 Å². The first-order valence-electron chi connectivity index (χ1n) is 12.5. The molecule has 2 saturated heterocycles. The molecule has 1 aromatic heterocycles.